The molecule has 3 rings (SSSR count). The van der Waals surface area contributed by atoms with Crippen LogP contribution in [0.2, 0.25) is 0 Å². The monoisotopic (exact) mass is 494 g/mol. The molecule has 3 aromatic carbocycles. The number of hydrogen-bond acceptors (Lipinski definition) is 2. The summed E-state index contributed by atoms with van der Waals surface area (Å²) in [5, 5.41) is 12.6. The Bertz CT molecular complexity index is 781. The van der Waals surface area contributed by atoms with E-state index in [4.69, 9.17) is 9.76 Å². The van der Waals surface area contributed by atoms with Crippen LogP contribution in [0.4, 0.5) is 0 Å². The fraction of sp³-hybridized carbons (Fsp3) is 0.0833. The van der Waals surface area contributed by atoms with E-state index in [-0.39, 0.29) is 31.0 Å². The van der Waals surface area contributed by atoms with Crippen molar-refractivity contribution < 1.29 is 34.0 Å². The molecule has 1 radical (unpaired) electrons. The Morgan fingerprint density at radius 1 is 0.759 bits per heavy atom. The summed E-state index contributed by atoms with van der Waals surface area (Å²) in [5.41, 5.74) is 0. The topological polar surface area (TPSA) is 57.2 Å². The van der Waals surface area contributed by atoms with Gasteiger partial charge in [0.2, 0.25) is 0 Å². The molecule has 0 saturated heterocycles. The third-order valence-corrected chi connectivity index (χ3v) is 5.90. The van der Waals surface area contributed by atoms with Crippen LogP contribution >= 0.6 is 7.92 Å². The summed E-state index contributed by atoms with van der Waals surface area (Å²) in [4.78, 5) is 10.0. The van der Waals surface area contributed by atoms with Crippen LogP contribution in [0.3, 0.4) is 0 Å². The Kier molecular flexibility index (Phi) is 14.3. The third kappa shape index (κ3) is 10.1. The van der Waals surface area contributed by atoms with E-state index in [0.29, 0.717) is 0 Å². The van der Waals surface area contributed by atoms with Gasteiger partial charge in [0.05, 0.1) is 5.76 Å². The minimum atomic E-state index is -0.446. The predicted octanol–water partition coefficient (Wildman–Crippen LogP) is 4.49. The molecule has 3 aromatic rings. The van der Waals surface area contributed by atoms with Crippen LogP contribution in [-0.4, -0.2) is 10.9 Å². The van der Waals surface area contributed by atoms with Crippen LogP contribution in [0.1, 0.15) is 13.8 Å². The van der Waals surface area contributed by atoms with Crippen LogP contribution in [0.25, 0.3) is 0 Å². The molecule has 0 spiro atoms. The van der Waals surface area contributed by atoms with Gasteiger partial charge in [0, 0.05) is 25.6 Å². The normalized spacial score (nSPS) is 9.76. The molecule has 0 bridgehead atoms. The summed E-state index contributed by atoms with van der Waals surface area (Å²) in [5.74, 6) is -0.0625. The summed E-state index contributed by atoms with van der Waals surface area (Å²) in [7, 11) is -0.446. The van der Waals surface area contributed by atoms with E-state index in [1.807, 2.05) is 0 Å². The average Bonchev–Trinajstić information content (AvgIpc) is 2.72. The fourth-order valence-electron chi connectivity index (χ4n) is 2.47. The Morgan fingerprint density at radius 2 is 1.03 bits per heavy atom. The number of benzene rings is 3. The van der Waals surface area contributed by atoms with Gasteiger partial charge in [-0.25, -0.2) is 0 Å². The van der Waals surface area contributed by atoms with Gasteiger partial charge < -0.3 is 5.11 Å². The zero-order valence-corrected chi connectivity index (χ0v) is 18.9. The van der Waals surface area contributed by atoms with Gasteiger partial charge >= 0.3 is 11.3 Å². The molecule has 29 heavy (non-hydrogen) atoms. The minimum Gasteiger partial charge on any atom is -0.512 e. The van der Waals surface area contributed by atoms with E-state index in [9.17, 15) is 4.79 Å². The molecule has 0 aromatic heterocycles. The molecule has 0 aliphatic carbocycles. The number of aliphatic hydroxyl groups is 1. The molecule has 5 heteroatoms. The van der Waals surface area contributed by atoms with Gasteiger partial charge in [-0.05, 0) is 37.7 Å². The van der Waals surface area contributed by atoms with Crippen molar-refractivity contribution in [2.24, 2.45) is 0 Å². The van der Waals surface area contributed by atoms with Crippen LogP contribution < -0.4 is 15.9 Å². The number of ketones is 1. The Balaban J connectivity index is 0.000000675. The Labute approximate surface area is 186 Å². The molecule has 0 saturated carbocycles. The van der Waals surface area contributed by atoms with Crippen molar-refractivity contribution in [1.82, 2.24) is 0 Å². The molecule has 0 fully saturated rings. The number of rotatable bonds is 4. The summed E-state index contributed by atoms with van der Waals surface area (Å²) in [6.45, 7) is 6.10. The van der Waals surface area contributed by atoms with E-state index < -0.39 is 7.92 Å². The van der Waals surface area contributed by atoms with Gasteiger partial charge in [-0.15, -0.1) is 0 Å². The quantitative estimate of drug-likeness (QED) is 0.191. The van der Waals surface area contributed by atoms with Crippen molar-refractivity contribution in [2.75, 3.05) is 0 Å². The van der Waals surface area contributed by atoms with Crippen molar-refractivity contribution in [3.05, 3.63) is 103 Å². The molecule has 0 atom stereocenters. The van der Waals surface area contributed by atoms with Crippen molar-refractivity contribution in [1.29, 1.82) is 0 Å². The van der Waals surface area contributed by atoms with Gasteiger partial charge in [0.15, 0.2) is 5.78 Å². The summed E-state index contributed by atoms with van der Waals surface area (Å²) < 4.78 is 7.75. The maximum absolute atomic E-state index is 10.0. The van der Waals surface area contributed by atoms with E-state index in [1.54, 1.807) is 0 Å². The second kappa shape index (κ2) is 15.6. The number of carbonyl (C=O) groups excluding carboxylic acids is 1. The van der Waals surface area contributed by atoms with Gasteiger partial charge in [-0.2, -0.15) is 0 Å². The van der Waals surface area contributed by atoms with Gasteiger partial charge in [-0.1, -0.05) is 91.0 Å². The fourth-order valence-corrected chi connectivity index (χ4v) is 4.78. The maximum atomic E-state index is 10.0. The van der Waals surface area contributed by atoms with E-state index in [2.05, 4.69) is 97.6 Å². The van der Waals surface area contributed by atoms with Crippen molar-refractivity contribution in [3.63, 3.8) is 0 Å². The number of allylic oxidation sites excluding steroid dienone is 2. The summed E-state index contributed by atoms with van der Waals surface area (Å²) >= 11 is 0. The third-order valence-electron chi connectivity index (χ3n) is 3.46. The molecule has 0 unspecified atom stereocenters. The van der Waals surface area contributed by atoms with E-state index >= 15 is 0 Å². The minimum absolute atomic E-state index is 0. The number of carbonyl (C=O) groups is 1. The first-order chi connectivity index (χ1) is 13.6. The molecular weight excluding hydrogens is 470 g/mol. The molecule has 3 nitrogen and oxygen atoms in total. The van der Waals surface area contributed by atoms with Crippen molar-refractivity contribution in [3.8, 4) is 6.65 Å². The van der Waals surface area contributed by atoms with Crippen LogP contribution in [0.15, 0.2) is 103 Å². The number of hydrogen-bond donors (Lipinski definition) is 1. The van der Waals surface area contributed by atoms with Gasteiger partial charge in [0.1, 0.15) is 0 Å². The SMILES string of the molecule is C#[O+].CC(=O)C=C(C)O.[Rh].c1ccc(P(c2ccccc2)c2ccccc2)cc1. The molecular formula is C24H24O3PRh+. The average molecular weight is 494 g/mol. The van der Waals surface area contributed by atoms with Crippen LogP contribution in [-0.2, 0) is 28.9 Å². The van der Waals surface area contributed by atoms with Gasteiger partial charge in [0.25, 0.3) is 0 Å². The number of aliphatic hydroxyl groups excluding tert-OH is 1. The Morgan fingerprint density at radius 3 is 1.21 bits per heavy atom. The van der Waals surface area contributed by atoms with E-state index in [1.165, 1.54) is 35.8 Å². The first-order valence-electron chi connectivity index (χ1n) is 8.64. The molecule has 0 heterocycles. The molecule has 0 aliphatic heterocycles. The zero-order chi connectivity index (χ0) is 20.8. The largest absolute Gasteiger partial charge is 0.512 e. The molecule has 1 N–H and O–H groups in total. The summed E-state index contributed by atoms with van der Waals surface area (Å²) in [6.07, 6.45) is 1.17. The molecule has 0 amide bonds. The summed E-state index contributed by atoms with van der Waals surface area (Å²) in [6, 6.07) is 32.3. The molecule has 0 aliphatic rings. The second-order valence-electron chi connectivity index (χ2n) is 5.74. The van der Waals surface area contributed by atoms with Gasteiger partial charge in [-0.3, -0.25) is 4.79 Å². The van der Waals surface area contributed by atoms with Crippen LogP contribution in [0.5, 0.6) is 0 Å². The second-order valence-corrected chi connectivity index (χ2v) is 7.96. The Hall–Kier alpha value is -2.34. The van der Waals surface area contributed by atoms with E-state index in [0.717, 1.165) is 0 Å². The first kappa shape index (κ1) is 26.7. The van der Waals surface area contributed by atoms with Crippen molar-refractivity contribution >= 4 is 29.6 Å². The smallest absolute Gasteiger partial charge is 0.155 e. The standard InChI is InChI=1S/C18H15P.C5H8O2.CHO.Rh/c1-4-10-16(11-5-1)19(17-12-6-2-7-13-17)18-14-8-3-9-15-18;1-4(6)3-5(2)7;1-2;/h1-15H;3,6H,1-2H3;1H;/q;;+1;. The molecule has 151 valence electrons. The first-order valence-corrected chi connectivity index (χ1v) is 9.99. The zero-order valence-electron chi connectivity index (χ0n) is 16.4. The van der Waals surface area contributed by atoms with Crippen LogP contribution in [0, 0.1) is 6.65 Å². The predicted molar refractivity (Wildman–Crippen MR) is 118 cm³/mol. The maximum Gasteiger partial charge on any atom is 0.155 e. The van der Waals surface area contributed by atoms with Crippen molar-refractivity contribution in [2.45, 2.75) is 13.8 Å².